The van der Waals surface area contributed by atoms with E-state index in [1.54, 1.807) is 12.1 Å². The molecular formula is C25H31F4N5O. The van der Waals surface area contributed by atoms with E-state index in [2.05, 4.69) is 27.5 Å². The van der Waals surface area contributed by atoms with E-state index in [9.17, 15) is 22.4 Å². The summed E-state index contributed by atoms with van der Waals surface area (Å²) < 4.78 is 52.8. The van der Waals surface area contributed by atoms with Crippen LogP contribution in [0.2, 0.25) is 0 Å². The number of carbonyl (C=O) groups excluding carboxylic acids is 1. The molecule has 10 heteroatoms. The molecule has 2 fully saturated rings. The van der Waals surface area contributed by atoms with E-state index in [0.717, 1.165) is 56.5 Å². The molecule has 1 heterocycles. The number of amides is 2. The van der Waals surface area contributed by atoms with Crippen molar-refractivity contribution in [3.05, 3.63) is 53.9 Å². The largest absolute Gasteiger partial charge is 0.451 e. The van der Waals surface area contributed by atoms with Crippen molar-refractivity contribution in [3.8, 4) is 0 Å². The van der Waals surface area contributed by atoms with Gasteiger partial charge in [0.2, 0.25) is 5.82 Å². The summed E-state index contributed by atoms with van der Waals surface area (Å²) in [7, 11) is 1.87. The van der Waals surface area contributed by atoms with Crippen LogP contribution in [0.4, 0.5) is 28.0 Å². The van der Waals surface area contributed by atoms with Gasteiger partial charge in [0.05, 0.1) is 18.1 Å². The maximum atomic E-state index is 13.9. The minimum Gasteiger partial charge on any atom is -0.337 e. The number of nitrogens with one attached hydrogen (secondary N) is 2. The number of hydrogen-bond acceptors (Lipinski definition) is 4. The number of carbonyl (C=O) groups is 1. The zero-order valence-electron chi connectivity index (χ0n) is 20.0. The molecule has 0 saturated heterocycles. The fourth-order valence-corrected chi connectivity index (χ4v) is 4.83. The first kappa shape index (κ1) is 25.3. The van der Waals surface area contributed by atoms with Crippen molar-refractivity contribution in [1.29, 1.82) is 0 Å². The number of halogens is 4. The lowest BCUT2D eigenvalue weighted by Gasteiger charge is -2.47. The van der Waals surface area contributed by atoms with Crippen LogP contribution >= 0.6 is 0 Å². The molecule has 190 valence electrons. The van der Waals surface area contributed by atoms with Crippen molar-refractivity contribution >= 4 is 11.7 Å². The number of rotatable bonds is 7. The average molecular weight is 494 g/mol. The number of benzene rings is 1. The number of nitrogens with zero attached hydrogens (tertiary/aromatic N) is 3. The Kier molecular flexibility index (Phi) is 7.04. The summed E-state index contributed by atoms with van der Waals surface area (Å²) in [5.41, 5.74) is 0.436. The quantitative estimate of drug-likeness (QED) is 0.517. The average Bonchev–Trinajstić information content (AvgIpc) is 3.66. The van der Waals surface area contributed by atoms with Gasteiger partial charge >= 0.3 is 12.2 Å². The van der Waals surface area contributed by atoms with Gasteiger partial charge < -0.3 is 10.6 Å². The van der Waals surface area contributed by atoms with Crippen LogP contribution in [0.1, 0.15) is 56.8 Å². The highest BCUT2D eigenvalue weighted by Crippen LogP contribution is 2.46. The number of hydrogen-bond donors (Lipinski definition) is 2. The van der Waals surface area contributed by atoms with Crippen LogP contribution < -0.4 is 15.5 Å². The molecule has 35 heavy (non-hydrogen) atoms. The predicted octanol–water partition coefficient (Wildman–Crippen LogP) is 5.26. The van der Waals surface area contributed by atoms with Gasteiger partial charge in [-0.05, 0) is 74.6 Å². The normalized spacial score (nSPS) is 24.7. The van der Waals surface area contributed by atoms with E-state index in [-0.39, 0.29) is 28.5 Å². The van der Waals surface area contributed by atoms with Crippen LogP contribution in [-0.2, 0) is 11.7 Å². The maximum absolute atomic E-state index is 13.9. The summed E-state index contributed by atoms with van der Waals surface area (Å²) in [4.78, 5) is 21.5. The summed E-state index contributed by atoms with van der Waals surface area (Å²) in [6.07, 6.45) is 2.51. The molecule has 2 aliphatic rings. The van der Waals surface area contributed by atoms with Crippen molar-refractivity contribution < 1.29 is 22.4 Å². The van der Waals surface area contributed by atoms with Crippen LogP contribution in [0.3, 0.4) is 0 Å². The van der Waals surface area contributed by atoms with E-state index in [1.807, 2.05) is 13.1 Å². The minimum atomic E-state index is -4.65. The summed E-state index contributed by atoms with van der Waals surface area (Å²) in [5, 5.41) is 6.29. The number of urea groups is 1. The molecule has 2 N–H and O–H groups in total. The molecule has 0 radical (unpaired) electrons. The molecule has 0 atom stereocenters. The first-order valence-corrected chi connectivity index (χ1v) is 11.9. The Morgan fingerprint density at radius 2 is 1.80 bits per heavy atom. The monoisotopic (exact) mass is 493 g/mol. The van der Waals surface area contributed by atoms with E-state index in [1.165, 1.54) is 11.0 Å². The van der Waals surface area contributed by atoms with Crippen LogP contribution in [0.15, 0.2) is 36.7 Å². The molecular weight excluding hydrogens is 462 g/mol. The third kappa shape index (κ3) is 5.91. The third-order valence-corrected chi connectivity index (χ3v) is 7.39. The Hall–Kier alpha value is -2.75. The third-order valence-electron chi connectivity index (χ3n) is 7.39. The molecule has 2 aliphatic carbocycles. The van der Waals surface area contributed by atoms with Gasteiger partial charge in [0.25, 0.3) is 0 Å². The molecule has 1 aromatic heterocycles. The second-order valence-corrected chi connectivity index (χ2v) is 10.1. The smallest absolute Gasteiger partial charge is 0.337 e. The molecule has 2 saturated carbocycles. The van der Waals surface area contributed by atoms with Crippen LogP contribution in [-0.4, -0.2) is 36.1 Å². The molecule has 0 spiro atoms. The number of anilines is 1. The molecule has 0 aliphatic heterocycles. The second kappa shape index (κ2) is 9.72. The topological polar surface area (TPSA) is 70.2 Å². The van der Waals surface area contributed by atoms with Gasteiger partial charge in [-0.2, -0.15) is 13.2 Å². The van der Waals surface area contributed by atoms with Gasteiger partial charge in [-0.1, -0.05) is 19.1 Å². The van der Waals surface area contributed by atoms with Crippen molar-refractivity contribution in [1.82, 2.24) is 20.6 Å². The lowest BCUT2D eigenvalue weighted by molar-refractivity contribution is -0.144. The van der Waals surface area contributed by atoms with Crippen LogP contribution in [0.5, 0.6) is 0 Å². The van der Waals surface area contributed by atoms with E-state index >= 15 is 0 Å². The van der Waals surface area contributed by atoms with Gasteiger partial charge in [0, 0.05) is 18.6 Å². The summed E-state index contributed by atoms with van der Waals surface area (Å²) >= 11 is 0. The lowest BCUT2D eigenvalue weighted by atomic mass is 9.66. The zero-order chi connectivity index (χ0) is 25.3. The van der Waals surface area contributed by atoms with Crippen molar-refractivity contribution in [2.45, 2.75) is 57.2 Å². The molecule has 0 bridgehead atoms. The Balaban J connectivity index is 1.52. The van der Waals surface area contributed by atoms with E-state index in [0.29, 0.717) is 19.0 Å². The van der Waals surface area contributed by atoms with Gasteiger partial charge in [0.15, 0.2) is 0 Å². The highest BCUT2D eigenvalue weighted by Gasteiger charge is 2.42. The van der Waals surface area contributed by atoms with Gasteiger partial charge in [-0.25, -0.2) is 19.2 Å². The summed E-state index contributed by atoms with van der Waals surface area (Å²) in [6, 6.07) is 6.23. The Morgan fingerprint density at radius 1 is 1.14 bits per heavy atom. The van der Waals surface area contributed by atoms with Gasteiger partial charge in [-0.15, -0.1) is 0 Å². The first-order valence-electron chi connectivity index (χ1n) is 11.9. The highest BCUT2D eigenvalue weighted by molar-refractivity contribution is 5.91. The van der Waals surface area contributed by atoms with Crippen LogP contribution in [0, 0.1) is 17.2 Å². The molecule has 2 aromatic rings. The predicted molar refractivity (Wildman–Crippen MR) is 124 cm³/mol. The number of aromatic nitrogens is 2. The van der Waals surface area contributed by atoms with E-state index < -0.39 is 12.0 Å². The first-order chi connectivity index (χ1) is 16.5. The minimum absolute atomic E-state index is 0.225. The van der Waals surface area contributed by atoms with Crippen molar-refractivity contribution in [2.24, 2.45) is 11.3 Å². The SMILES string of the molecule is CN[C@]1(c2cccc(F)c2)CC[C@@](C)(CN(C(=O)NCC2CC2)c2cnc(C(F)(F)F)nc2)CC1. The Labute approximate surface area is 202 Å². The van der Waals surface area contributed by atoms with Gasteiger partial charge in [0.1, 0.15) is 5.82 Å². The lowest BCUT2D eigenvalue weighted by Crippen LogP contribution is -2.51. The Morgan fingerprint density at radius 3 is 2.34 bits per heavy atom. The fraction of sp³-hybridized carbons (Fsp3) is 0.560. The van der Waals surface area contributed by atoms with Crippen molar-refractivity contribution in [2.75, 3.05) is 25.0 Å². The van der Waals surface area contributed by atoms with Crippen LogP contribution in [0.25, 0.3) is 0 Å². The van der Waals surface area contributed by atoms with E-state index in [4.69, 9.17) is 0 Å². The fourth-order valence-electron chi connectivity index (χ4n) is 4.83. The standard InChI is InChI=1S/C25H31F4N5O/c1-23(8-10-24(30-2,11-9-23)18-4-3-5-19(26)12-18)16-34(22(35)33-13-17-6-7-17)20-14-31-21(32-15-20)25(27,28)29/h3-5,12,14-15,17,30H,6-11,13,16H2,1-2H3,(H,33,35)/t23-,24-. The molecule has 1 aromatic carbocycles. The summed E-state index contributed by atoms with van der Waals surface area (Å²) in [6.45, 7) is 2.92. The van der Waals surface area contributed by atoms with Crippen molar-refractivity contribution in [3.63, 3.8) is 0 Å². The van der Waals surface area contributed by atoms with Gasteiger partial charge in [-0.3, -0.25) is 4.90 Å². The molecule has 0 unspecified atom stereocenters. The Bertz CT molecular complexity index is 1030. The molecule has 6 nitrogen and oxygen atoms in total. The number of alkyl halides is 3. The molecule has 4 rings (SSSR count). The highest BCUT2D eigenvalue weighted by atomic mass is 19.4. The maximum Gasteiger partial charge on any atom is 0.451 e. The second-order valence-electron chi connectivity index (χ2n) is 10.1. The molecule has 2 amide bonds. The summed E-state index contributed by atoms with van der Waals surface area (Å²) in [5.74, 6) is -1.07. The zero-order valence-corrected chi connectivity index (χ0v) is 20.0.